The van der Waals surface area contributed by atoms with Crippen molar-refractivity contribution in [3.8, 4) is 5.75 Å². The van der Waals surface area contributed by atoms with Crippen LogP contribution in [0.25, 0.3) is 0 Å². The van der Waals surface area contributed by atoms with E-state index in [1.165, 1.54) is 12.8 Å². The van der Waals surface area contributed by atoms with Crippen LogP contribution < -0.4 is 20.1 Å². The second-order valence-corrected chi connectivity index (χ2v) is 6.91. The van der Waals surface area contributed by atoms with Gasteiger partial charge in [0.25, 0.3) is 0 Å². The van der Waals surface area contributed by atoms with Crippen molar-refractivity contribution in [3.63, 3.8) is 0 Å². The van der Waals surface area contributed by atoms with Gasteiger partial charge in [0, 0.05) is 18.8 Å². The molecular formula is C14H22N4O3S. The number of nitrogens with zero attached hydrogens (tertiary/aromatic N) is 1. The fraction of sp³-hybridized carbons (Fsp3) is 0.500. The third-order valence-corrected chi connectivity index (χ3v) is 3.57. The molecule has 1 aliphatic carbocycles. The molecule has 0 spiro atoms. The van der Waals surface area contributed by atoms with Gasteiger partial charge in [0.1, 0.15) is 12.4 Å². The van der Waals surface area contributed by atoms with Crippen molar-refractivity contribution in [2.45, 2.75) is 18.9 Å². The van der Waals surface area contributed by atoms with Gasteiger partial charge in [-0.1, -0.05) is 0 Å². The van der Waals surface area contributed by atoms with Crippen LogP contribution in [0, 0.1) is 0 Å². The van der Waals surface area contributed by atoms with Gasteiger partial charge in [-0.15, -0.1) is 0 Å². The number of anilines is 1. The van der Waals surface area contributed by atoms with E-state index in [1.54, 1.807) is 31.3 Å². The Morgan fingerprint density at radius 1 is 1.32 bits per heavy atom. The van der Waals surface area contributed by atoms with E-state index in [-0.39, 0.29) is 0 Å². The highest BCUT2D eigenvalue weighted by atomic mass is 32.2. The summed E-state index contributed by atoms with van der Waals surface area (Å²) in [5, 5.41) is 6.46. The molecule has 0 heterocycles. The molecule has 0 saturated heterocycles. The molecular weight excluding hydrogens is 304 g/mol. The van der Waals surface area contributed by atoms with Crippen LogP contribution in [0.4, 0.5) is 5.69 Å². The summed E-state index contributed by atoms with van der Waals surface area (Å²) in [7, 11) is -1.51. The number of ether oxygens (including phenoxy) is 1. The Kier molecular flexibility index (Phi) is 5.48. The molecule has 0 amide bonds. The van der Waals surface area contributed by atoms with Gasteiger partial charge in [-0.3, -0.25) is 9.71 Å². The highest BCUT2D eigenvalue weighted by molar-refractivity contribution is 7.92. The quantitative estimate of drug-likeness (QED) is 0.391. The Morgan fingerprint density at radius 3 is 2.55 bits per heavy atom. The second kappa shape index (κ2) is 7.35. The molecule has 1 aromatic rings. The van der Waals surface area contributed by atoms with E-state index in [9.17, 15) is 8.42 Å². The number of nitrogens with one attached hydrogen (secondary N) is 3. The van der Waals surface area contributed by atoms with Crippen LogP contribution in [0.2, 0.25) is 0 Å². The highest BCUT2D eigenvalue weighted by Crippen LogP contribution is 2.18. The number of hydrogen-bond donors (Lipinski definition) is 3. The van der Waals surface area contributed by atoms with Crippen LogP contribution in [-0.2, 0) is 10.0 Å². The second-order valence-electron chi connectivity index (χ2n) is 5.16. The summed E-state index contributed by atoms with van der Waals surface area (Å²) in [5.41, 5.74) is 0.516. The first-order valence-corrected chi connectivity index (χ1v) is 9.03. The number of aliphatic imine (C=N–C) groups is 1. The maximum absolute atomic E-state index is 11.1. The SMILES string of the molecule is CN=C(NCCOc1ccc(NS(C)(=O)=O)cc1)NC1CC1. The van der Waals surface area contributed by atoms with Crippen molar-refractivity contribution in [1.29, 1.82) is 0 Å². The van der Waals surface area contributed by atoms with Crippen molar-refractivity contribution < 1.29 is 13.2 Å². The first kappa shape index (κ1) is 16.4. The molecule has 1 saturated carbocycles. The number of hydrogen-bond acceptors (Lipinski definition) is 4. The predicted octanol–water partition coefficient (Wildman–Crippen LogP) is 0.764. The van der Waals surface area contributed by atoms with Gasteiger partial charge in [-0.2, -0.15) is 0 Å². The zero-order valence-electron chi connectivity index (χ0n) is 12.8. The van der Waals surface area contributed by atoms with Crippen molar-refractivity contribution in [1.82, 2.24) is 10.6 Å². The number of benzene rings is 1. The topological polar surface area (TPSA) is 91.8 Å². The highest BCUT2D eigenvalue weighted by Gasteiger charge is 2.21. The van der Waals surface area contributed by atoms with E-state index in [0.717, 1.165) is 12.2 Å². The molecule has 0 unspecified atom stereocenters. The van der Waals surface area contributed by atoms with E-state index in [1.807, 2.05) is 0 Å². The molecule has 3 N–H and O–H groups in total. The maximum atomic E-state index is 11.1. The summed E-state index contributed by atoms with van der Waals surface area (Å²) < 4.78 is 30.2. The number of guanidine groups is 1. The number of sulfonamides is 1. The van der Waals surface area contributed by atoms with Crippen LogP contribution in [-0.4, -0.2) is 46.9 Å². The fourth-order valence-corrected chi connectivity index (χ4v) is 2.35. The van der Waals surface area contributed by atoms with Crippen LogP contribution in [0.15, 0.2) is 29.3 Å². The zero-order valence-corrected chi connectivity index (χ0v) is 13.6. The molecule has 1 fully saturated rings. The van der Waals surface area contributed by atoms with Crippen molar-refractivity contribution in [2.24, 2.45) is 4.99 Å². The Hall–Kier alpha value is -1.96. The summed E-state index contributed by atoms with van der Waals surface area (Å²) in [4.78, 5) is 4.13. The average Bonchev–Trinajstić information content (AvgIpc) is 3.26. The lowest BCUT2D eigenvalue weighted by Crippen LogP contribution is -2.40. The van der Waals surface area contributed by atoms with Gasteiger partial charge in [-0.05, 0) is 37.1 Å². The molecule has 122 valence electrons. The molecule has 0 atom stereocenters. The van der Waals surface area contributed by atoms with Crippen LogP contribution >= 0.6 is 0 Å². The van der Waals surface area contributed by atoms with Gasteiger partial charge in [0.05, 0.1) is 12.8 Å². The van der Waals surface area contributed by atoms with E-state index in [2.05, 4.69) is 20.3 Å². The standard InChI is InChI=1S/C14H22N4O3S/c1-15-14(17-11-3-4-11)16-9-10-21-13-7-5-12(6-8-13)18-22(2,19)20/h5-8,11,18H,3-4,9-10H2,1-2H3,(H2,15,16,17). The molecule has 2 rings (SSSR count). The molecule has 0 aliphatic heterocycles. The van der Waals surface area contributed by atoms with E-state index >= 15 is 0 Å². The first-order valence-electron chi connectivity index (χ1n) is 7.14. The summed E-state index contributed by atoms with van der Waals surface area (Å²) in [5.74, 6) is 1.48. The zero-order chi connectivity index (χ0) is 16.0. The third kappa shape index (κ3) is 6.21. The summed E-state index contributed by atoms with van der Waals surface area (Å²) in [6.07, 6.45) is 3.52. The van der Waals surface area contributed by atoms with Gasteiger partial charge < -0.3 is 15.4 Å². The van der Waals surface area contributed by atoms with E-state index < -0.39 is 10.0 Å². The largest absolute Gasteiger partial charge is 0.492 e. The van der Waals surface area contributed by atoms with Crippen LogP contribution in [0.5, 0.6) is 5.75 Å². The van der Waals surface area contributed by atoms with Gasteiger partial charge in [0.15, 0.2) is 5.96 Å². The maximum Gasteiger partial charge on any atom is 0.229 e. The van der Waals surface area contributed by atoms with Crippen LogP contribution in [0.3, 0.4) is 0 Å². The Morgan fingerprint density at radius 2 is 2.00 bits per heavy atom. The van der Waals surface area contributed by atoms with E-state index in [0.29, 0.717) is 30.6 Å². The molecule has 0 bridgehead atoms. The number of rotatable bonds is 7. The Balaban J connectivity index is 1.70. The summed E-state index contributed by atoms with van der Waals surface area (Å²) in [6, 6.07) is 7.34. The third-order valence-electron chi connectivity index (χ3n) is 2.96. The minimum absolute atomic E-state index is 0.490. The van der Waals surface area contributed by atoms with Gasteiger partial charge in [-0.25, -0.2) is 8.42 Å². The molecule has 0 radical (unpaired) electrons. The lowest BCUT2D eigenvalue weighted by molar-refractivity contribution is 0.322. The Labute approximate surface area is 131 Å². The van der Waals surface area contributed by atoms with Crippen molar-refractivity contribution in [3.05, 3.63) is 24.3 Å². The van der Waals surface area contributed by atoms with Gasteiger partial charge in [0.2, 0.25) is 10.0 Å². The minimum atomic E-state index is -3.25. The minimum Gasteiger partial charge on any atom is -0.492 e. The first-order chi connectivity index (χ1) is 10.5. The molecule has 1 aromatic carbocycles. The molecule has 22 heavy (non-hydrogen) atoms. The molecule has 8 heteroatoms. The summed E-state index contributed by atoms with van der Waals surface area (Å²) in [6.45, 7) is 1.12. The van der Waals surface area contributed by atoms with Crippen molar-refractivity contribution in [2.75, 3.05) is 31.2 Å². The smallest absolute Gasteiger partial charge is 0.229 e. The molecule has 1 aliphatic rings. The van der Waals surface area contributed by atoms with Gasteiger partial charge >= 0.3 is 0 Å². The summed E-state index contributed by atoms with van der Waals surface area (Å²) >= 11 is 0. The fourth-order valence-electron chi connectivity index (χ4n) is 1.79. The van der Waals surface area contributed by atoms with Crippen molar-refractivity contribution >= 4 is 21.7 Å². The predicted molar refractivity (Wildman–Crippen MR) is 87.9 cm³/mol. The lowest BCUT2D eigenvalue weighted by Gasteiger charge is -2.12. The molecule has 0 aromatic heterocycles. The monoisotopic (exact) mass is 326 g/mol. The lowest BCUT2D eigenvalue weighted by atomic mass is 10.3. The Bertz CT molecular complexity index is 609. The molecule has 7 nitrogen and oxygen atoms in total. The normalized spacial score (nSPS) is 15.3. The van der Waals surface area contributed by atoms with Crippen LogP contribution in [0.1, 0.15) is 12.8 Å². The van der Waals surface area contributed by atoms with E-state index in [4.69, 9.17) is 4.74 Å². The average molecular weight is 326 g/mol.